The summed E-state index contributed by atoms with van der Waals surface area (Å²) in [5, 5.41) is 0. The molecule has 0 aromatic heterocycles. The zero-order chi connectivity index (χ0) is 12.6. The largest absolute Gasteiger partial charge is 0.466 e. The van der Waals surface area contributed by atoms with Crippen LogP contribution in [0, 0.1) is 0 Å². The fraction of sp³-hybridized carbons (Fsp3) is 0.455. The van der Waals surface area contributed by atoms with Crippen molar-refractivity contribution >= 4 is 22.9 Å². The van der Waals surface area contributed by atoms with Gasteiger partial charge in [0.05, 0.1) is 13.7 Å². The topological polar surface area (TPSA) is 65.1 Å². The second-order valence-corrected chi connectivity index (χ2v) is 3.06. The summed E-state index contributed by atoms with van der Waals surface area (Å²) < 4.78 is 13.7. The Balaban J connectivity index is 0. The van der Waals surface area contributed by atoms with Crippen molar-refractivity contribution in [1.82, 2.24) is 0 Å². The molecule has 0 aromatic rings. The van der Waals surface area contributed by atoms with Gasteiger partial charge >= 0.3 is 11.9 Å². The molecule has 0 N–H and O–H groups in total. The van der Waals surface area contributed by atoms with E-state index in [1.54, 1.807) is 6.92 Å². The highest BCUT2D eigenvalue weighted by Crippen LogP contribution is 2.09. The van der Waals surface area contributed by atoms with Crippen LogP contribution in [0.5, 0.6) is 0 Å². The van der Waals surface area contributed by atoms with E-state index in [2.05, 4.69) is 17.9 Å². The fourth-order valence-electron chi connectivity index (χ4n) is 0.539. The first-order valence-corrected chi connectivity index (χ1v) is 4.65. The van der Waals surface area contributed by atoms with E-state index in [9.17, 15) is 9.59 Å². The number of carbonyl (C=O) groups is 2. The number of carbonyl (C=O) groups excluding carboxylic acids is 2. The molecule has 1 saturated heterocycles. The van der Waals surface area contributed by atoms with Crippen molar-refractivity contribution in [2.45, 2.75) is 13.0 Å². The SMILES string of the molecule is C=C(C)C(=O)OCC1CO1.C=CC(=O)OC.[SiH4]. The minimum atomic E-state index is -0.394. The molecular weight excluding hydrogens is 240 g/mol. The van der Waals surface area contributed by atoms with Gasteiger partial charge in [-0.1, -0.05) is 13.2 Å². The third-order valence-corrected chi connectivity index (χ3v) is 1.52. The van der Waals surface area contributed by atoms with E-state index in [4.69, 9.17) is 9.47 Å². The van der Waals surface area contributed by atoms with Crippen LogP contribution in [0.2, 0.25) is 0 Å². The van der Waals surface area contributed by atoms with Gasteiger partial charge < -0.3 is 14.2 Å². The number of rotatable bonds is 4. The number of epoxide rings is 1. The summed E-state index contributed by atoms with van der Waals surface area (Å²) in [6, 6.07) is 0. The zero-order valence-corrected chi connectivity index (χ0v) is 9.52. The molecule has 1 atom stereocenters. The number of hydrogen-bond acceptors (Lipinski definition) is 5. The number of methoxy groups -OCH3 is 1. The first kappa shape index (κ1) is 18.0. The normalized spacial score (nSPS) is 15.3. The van der Waals surface area contributed by atoms with Crippen molar-refractivity contribution in [1.29, 1.82) is 0 Å². The standard InChI is InChI=1S/C7H10O3.C4H6O2.H4Si/c1-5(2)7(8)10-4-6-3-9-6;1-3-4(5)6-2;/h6H,1,3-4H2,2H3;3H,1H2,2H3;1H4. The van der Waals surface area contributed by atoms with Gasteiger partial charge in [0.1, 0.15) is 12.7 Å². The molecule has 0 aliphatic carbocycles. The van der Waals surface area contributed by atoms with Crippen molar-refractivity contribution in [2.24, 2.45) is 0 Å². The molecule has 0 spiro atoms. The summed E-state index contributed by atoms with van der Waals surface area (Å²) >= 11 is 0. The van der Waals surface area contributed by atoms with Crippen LogP contribution in [-0.2, 0) is 23.8 Å². The molecule has 1 heterocycles. The number of ether oxygens (including phenoxy) is 3. The molecule has 1 aliphatic rings. The predicted octanol–water partition coefficient (Wildman–Crippen LogP) is -0.602. The van der Waals surface area contributed by atoms with Crippen LogP contribution in [0.25, 0.3) is 0 Å². The molecule has 1 fully saturated rings. The smallest absolute Gasteiger partial charge is 0.333 e. The van der Waals surface area contributed by atoms with Crippen molar-refractivity contribution in [3.8, 4) is 0 Å². The van der Waals surface area contributed by atoms with Crippen LogP contribution in [0.1, 0.15) is 6.92 Å². The van der Waals surface area contributed by atoms with Crippen LogP contribution in [0.15, 0.2) is 24.8 Å². The average Bonchev–Trinajstić information content (AvgIpc) is 3.09. The van der Waals surface area contributed by atoms with Crippen LogP contribution < -0.4 is 0 Å². The second kappa shape index (κ2) is 9.80. The minimum absolute atomic E-state index is 0. The lowest BCUT2D eigenvalue weighted by atomic mass is 10.4. The zero-order valence-electron chi connectivity index (χ0n) is 9.52. The van der Waals surface area contributed by atoms with E-state index in [1.165, 1.54) is 7.11 Å². The quantitative estimate of drug-likeness (QED) is 0.292. The molecule has 0 bridgehead atoms. The van der Waals surface area contributed by atoms with Crippen LogP contribution in [-0.4, -0.2) is 49.3 Å². The Morgan fingerprint density at radius 2 is 2.06 bits per heavy atom. The monoisotopic (exact) mass is 260 g/mol. The summed E-state index contributed by atoms with van der Waals surface area (Å²) in [6.07, 6.45) is 1.25. The highest BCUT2D eigenvalue weighted by molar-refractivity contribution is 5.86. The van der Waals surface area contributed by atoms with Gasteiger partial charge in [0, 0.05) is 11.6 Å². The van der Waals surface area contributed by atoms with E-state index in [-0.39, 0.29) is 23.0 Å². The van der Waals surface area contributed by atoms with Gasteiger partial charge in [-0.15, -0.1) is 0 Å². The highest BCUT2D eigenvalue weighted by atomic mass is 28.1. The van der Waals surface area contributed by atoms with Gasteiger partial charge in [0.2, 0.25) is 0 Å². The Bertz CT molecular complexity index is 284. The van der Waals surface area contributed by atoms with Gasteiger partial charge in [-0.2, -0.15) is 0 Å². The second-order valence-electron chi connectivity index (χ2n) is 3.06. The van der Waals surface area contributed by atoms with Crippen molar-refractivity contribution in [2.75, 3.05) is 20.3 Å². The Morgan fingerprint density at radius 1 is 1.53 bits per heavy atom. The third-order valence-electron chi connectivity index (χ3n) is 1.52. The molecule has 0 radical (unpaired) electrons. The van der Waals surface area contributed by atoms with Gasteiger partial charge in [-0.3, -0.25) is 0 Å². The van der Waals surface area contributed by atoms with Crippen molar-refractivity contribution in [3.05, 3.63) is 24.8 Å². The third kappa shape index (κ3) is 10.9. The predicted molar refractivity (Wildman–Crippen MR) is 69.1 cm³/mol. The Labute approximate surface area is 105 Å². The van der Waals surface area contributed by atoms with Gasteiger partial charge in [0.25, 0.3) is 0 Å². The fourth-order valence-corrected chi connectivity index (χ4v) is 0.539. The molecule has 0 amide bonds. The minimum Gasteiger partial charge on any atom is -0.466 e. The molecule has 98 valence electrons. The maximum Gasteiger partial charge on any atom is 0.333 e. The first-order chi connectivity index (χ1) is 7.51. The van der Waals surface area contributed by atoms with Crippen molar-refractivity contribution < 1.29 is 23.8 Å². The Kier molecular flexibility index (Phi) is 10.4. The summed E-state index contributed by atoms with van der Waals surface area (Å²) in [4.78, 5) is 20.5. The first-order valence-electron chi connectivity index (χ1n) is 4.65. The van der Waals surface area contributed by atoms with Gasteiger partial charge in [0.15, 0.2) is 0 Å². The molecule has 1 unspecified atom stereocenters. The maximum absolute atomic E-state index is 10.7. The molecule has 1 rings (SSSR count). The molecule has 6 heteroatoms. The molecule has 0 saturated carbocycles. The lowest BCUT2D eigenvalue weighted by molar-refractivity contribution is -0.139. The van der Waals surface area contributed by atoms with Crippen LogP contribution in [0.4, 0.5) is 0 Å². The van der Waals surface area contributed by atoms with Crippen LogP contribution >= 0.6 is 0 Å². The van der Waals surface area contributed by atoms with Gasteiger partial charge in [-0.25, -0.2) is 9.59 Å². The Hall–Kier alpha value is -1.40. The van der Waals surface area contributed by atoms with E-state index in [1.807, 2.05) is 0 Å². The number of esters is 2. The van der Waals surface area contributed by atoms with Crippen molar-refractivity contribution in [3.63, 3.8) is 0 Å². The highest BCUT2D eigenvalue weighted by Gasteiger charge is 2.24. The van der Waals surface area contributed by atoms with Gasteiger partial charge in [-0.05, 0) is 17.9 Å². The maximum atomic E-state index is 10.7. The molecule has 5 nitrogen and oxygen atoms in total. The summed E-state index contributed by atoms with van der Waals surface area (Å²) in [5.74, 6) is -0.731. The summed E-state index contributed by atoms with van der Waals surface area (Å²) in [6.45, 7) is 9.29. The van der Waals surface area contributed by atoms with E-state index >= 15 is 0 Å². The molecule has 17 heavy (non-hydrogen) atoms. The van der Waals surface area contributed by atoms with Crippen LogP contribution in [0.3, 0.4) is 0 Å². The lowest BCUT2D eigenvalue weighted by Gasteiger charge is -1.99. The molecule has 0 aromatic carbocycles. The molecular formula is C11H20O5Si. The summed E-state index contributed by atoms with van der Waals surface area (Å²) in [5.41, 5.74) is 0.431. The summed E-state index contributed by atoms with van der Waals surface area (Å²) in [7, 11) is 1.31. The van der Waals surface area contributed by atoms with E-state index in [0.29, 0.717) is 18.8 Å². The lowest BCUT2D eigenvalue weighted by Crippen LogP contribution is -2.09. The average molecular weight is 260 g/mol. The number of hydrogen-bond donors (Lipinski definition) is 0. The molecule has 1 aliphatic heterocycles. The Morgan fingerprint density at radius 3 is 2.29 bits per heavy atom. The van der Waals surface area contributed by atoms with E-state index in [0.717, 1.165) is 6.08 Å². The van der Waals surface area contributed by atoms with E-state index < -0.39 is 5.97 Å².